The van der Waals surface area contributed by atoms with Crippen LogP contribution in [-0.4, -0.2) is 9.13 Å². The van der Waals surface area contributed by atoms with Crippen molar-refractivity contribution >= 4 is 49.3 Å². The maximum absolute atomic E-state index is 13.7. The van der Waals surface area contributed by atoms with Gasteiger partial charge in [0, 0.05) is 16.2 Å². The molecule has 0 saturated heterocycles. The molecular formula is C41H19F3N6. The highest BCUT2D eigenvalue weighted by Gasteiger charge is 2.31. The lowest BCUT2D eigenvalue weighted by atomic mass is 9.95. The van der Waals surface area contributed by atoms with Crippen LogP contribution in [0.25, 0.3) is 71.0 Å². The third kappa shape index (κ3) is 4.47. The Labute approximate surface area is 282 Å². The molecule has 0 aliphatic rings. The van der Waals surface area contributed by atoms with Crippen molar-refractivity contribution in [1.82, 2.24) is 9.13 Å². The molecule has 0 aliphatic heterocycles. The molecule has 6 nitrogen and oxygen atoms in total. The summed E-state index contributed by atoms with van der Waals surface area (Å²) in [5, 5.41) is 34.1. The number of rotatable bonds is 3. The summed E-state index contributed by atoms with van der Waals surface area (Å²) in [4.78, 5) is 3.61. The Morgan fingerprint density at radius 3 is 1.72 bits per heavy atom. The van der Waals surface area contributed by atoms with Crippen LogP contribution in [-0.2, 0) is 6.18 Å². The molecule has 0 atom stereocenters. The van der Waals surface area contributed by atoms with Crippen LogP contribution in [0.15, 0.2) is 115 Å². The molecule has 8 aromatic rings. The van der Waals surface area contributed by atoms with Gasteiger partial charge in [0.05, 0.1) is 68.8 Å². The van der Waals surface area contributed by atoms with Crippen molar-refractivity contribution in [3.63, 3.8) is 0 Å². The van der Waals surface area contributed by atoms with Crippen LogP contribution in [0.4, 0.5) is 18.9 Å². The van der Waals surface area contributed by atoms with E-state index in [2.05, 4.69) is 17.0 Å². The number of hydrogen-bond donors (Lipinski definition) is 0. The Hall–Kier alpha value is -7.33. The highest BCUT2D eigenvalue weighted by Crippen LogP contribution is 2.42. The first-order valence-corrected chi connectivity index (χ1v) is 15.3. The van der Waals surface area contributed by atoms with E-state index in [1.54, 1.807) is 36.4 Å². The monoisotopic (exact) mass is 652 g/mol. The molecule has 8 rings (SSSR count). The van der Waals surface area contributed by atoms with E-state index in [1.165, 1.54) is 6.07 Å². The molecule has 6 aromatic carbocycles. The van der Waals surface area contributed by atoms with Gasteiger partial charge in [0.15, 0.2) is 5.69 Å². The Bertz CT molecular complexity index is 2760. The predicted octanol–water partition coefficient (Wildman–Crippen LogP) is 10.7. The van der Waals surface area contributed by atoms with Gasteiger partial charge >= 0.3 is 6.18 Å². The van der Waals surface area contributed by atoms with Crippen LogP contribution in [0.3, 0.4) is 0 Å². The van der Waals surface area contributed by atoms with E-state index in [4.69, 9.17) is 6.57 Å². The van der Waals surface area contributed by atoms with Gasteiger partial charge in [0.1, 0.15) is 11.6 Å². The molecule has 0 unspecified atom stereocenters. The maximum Gasteiger partial charge on any atom is 0.416 e. The summed E-state index contributed by atoms with van der Waals surface area (Å²) < 4.78 is 45.1. The maximum atomic E-state index is 13.7. The highest BCUT2D eigenvalue weighted by molar-refractivity contribution is 6.12. The van der Waals surface area contributed by atoms with Gasteiger partial charge in [-0.25, -0.2) is 4.85 Å². The zero-order chi connectivity index (χ0) is 34.7. The molecule has 0 saturated carbocycles. The number of aromatic nitrogens is 2. The first-order chi connectivity index (χ1) is 24.2. The van der Waals surface area contributed by atoms with E-state index in [0.717, 1.165) is 44.7 Å². The predicted molar refractivity (Wildman–Crippen MR) is 186 cm³/mol. The second-order valence-corrected chi connectivity index (χ2v) is 11.7. The fraction of sp³-hybridized carbons (Fsp3) is 0.0244. The third-order valence-electron chi connectivity index (χ3n) is 9.06. The quantitative estimate of drug-likeness (QED) is 0.178. The van der Waals surface area contributed by atoms with Gasteiger partial charge in [-0.05, 0) is 83.2 Å². The number of nitriles is 3. The van der Waals surface area contributed by atoms with Crippen LogP contribution >= 0.6 is 0 Å². The van der Waals surface area contributed by atoms with Crippen LogP contribution in [0.1, 0.15) is 22.3 Å². The third-order valence-corrected chi connectivity index (χ3v) is 9.06. The first-order valence-electron chi connectivity index (χ1n) is 15.3. The topological polar surface area (TPSA) is 85.6 Å². The van der Waals surface area contributed by atoms with Gasteiger partial charge < -0.3 is 9.13 Å². The molecule has 0 bridgehead atoms. The summed E-state index contributed by atoms with van der Waals surface area (Å²) in [7, 11) is 0. The molecule has 50 heavy (non-hydrogen) atoms. The standard InChI is InChI=1S/C41H19F3N6/c1-48-28-12-15-38-33(20-28)31-7-3-5-9-36(31)50(38)40-19-25(29-13-11-27(41(42,43)44)17-26(29)22-46)18-39(34(40)23-47)49-35-8-4-2-6-30(35)32-16-24(21-45)10-14-37(32)49/h2-20H. The molecule has 0 spiro atoms. The molecule has 0 radical (unpaired) electrons. The van der Waals surface area contributed by atoms with Gasteiger partial charge in [-0.1, -0.05) is 48.5 Å². The molecule has 2 heterocycles. The lowest BCUT2D eigenvalue weighted by Gasteiger charge is -2.19. The second kappa shape index (κ2) is 11.1. The Morgan fingerprint density at radius 2 is 1.16 bits per heavy atom. The van der Waals surface area contributed by atoms with Gasteiger partial charge in [-0.3, -0.25) is 0 Å². The van der Waals surface area contributed by atoms with Crippen molar-refractivity contribution in [3.05, 3.63) is 149 Å². The summed E-state index contributed by atoms with van der Waals surface area (Å²) in [6.07, 6.45) is -4.65. The average molecular weight is 653 g/mol. The second-order valence-electron chi connectivity index (χ2n) is 11.7. The van der Waals surface area contributed by atoms with E-state index < -0.39 is 11.7 Å². The molecule has 0 N–H and O–H groups in total. The number of benzene rings is 6. The normalized spacial score (nSPS) is 11.4. The zero-order valence-electron chi connectivity index (χ0n) is 25.8. The van der Waals surface area contributed by atoms with E-state index in [9.17, 15) is 29.0 Å². The number of para-hydroxylation sites is 2. The summed E-state index contributed by atoms with van der Waals surface area (Å²) in [5.41, 5.74) is 4.52. The minimum Gasteiger partial charge on any atom is -0.308 e. The van der Waals surface area contributed by atoms with Gasteiger partial charge in [-0.2, -0.15) is 29.0 Å². The van der Waals surface area contributed by atoms with Gasteiger partial charge in [-0.15, -0.1) is 0 Å². The van der Waals surface area contributed by atoms with Crippen molar-refractivity contribution in [3.8, 4) is 40.7 Å². The van der Waals surface area contributed by atoms with Crippen LogP contribution in [0.2, 0.25) is 0 Å². The minimum absolute atomic E-state index is 0.175. The first kappa shape index (κ1) is 30.0. The fourth-order valence-corrected chi connectivity index (χ4v) is 6.89. The molecular weight excluding hydrogens is 633 g/mol. The smallest absolute Gasteiger partial charge is 0.308 e. The SMILES string of the molecule is [C-]#[N+]c1ccc2c(c1)c1ccccc1n2-c1cc(-c2ccc(C(F)(F)F)cc2C#N)cc(-n2c3ccccc3c3cc(C#N)ccc32)c1C#N. The summed E-state index contributed by atoms with van der Waals surface area (Å²) in [5.74, 6) is 0. The lowest BCUT2D eigenvalue weighted by molar-refractivity contribution is -0.137. The summed E-state index contributed by atoms with van der Waals surface area (Å²) in [6, 6.07) is 38.9. The van der Waals surface area contributed by atoms with Crippen molar-refractivity contribution in [1.29, 1.82) is 15.8 Å². The lowest BCUT2D eigenvalue weighted by Crippen LogP contribution is -2.07. The number of alkyl halides is 3. The average Bonchev–Trinajstić information content (AvgIpc) is 3.65. The zero-order valence-corrected chi connectivity index (χ0v) is 25.8. The Balaban J connectivity index is 1.56. The molecule has 0 aliphatic carbocycles. The summed E-state index contributed by atoms with van der Waals surface area (Å²) in [6.45, 7) is 7.60. The Morgan fingerprint density at radius 1 is 0.580 bits per heavy atom. The fourth-order valence-electron chi connectivity index (χ4n) is 6.89. The molecule has 9 heteroatoms. The van der Waals surface area contributed by atoms with E-state index in [-0.39, 0.29) is 16.7 Å². The van der Waals surface area contributed by atoms with Crippen LogP contribution in [0, 0.1) is 40.6 Å². The summed E-state index contributed by atoms with van der Waals surface area (Å²) >= 11 is 0. The number of hydrogen-bond acceptors (Lipinski definition) is 3. The van der Waals surface area contributed by atoms with Crippen molar-refractivity contribution in [2.24, 2.45) is 0 Å². The molecule has 0 fully saturated rings. The van der Waals surface area contributed by atoms with Gasteiger partial charge in [0.25, 0.3) is 0 Å². The molecule has 234 valence electrons. The van der Waals surface area contributed by atoms with E-state index in [0.29, 0.717) is 39.2 Å². The van der Waals surface area contributed by atoms with Crippen LogP contribution in [0.5, 0.6) is 0 Å². The minimum atomic E-state index is -4.65. The number of halogens is 3. The molecule has 2 aromatic heterocycles. The highest BCUT2D eigenvalue weighted by atomic mass is 19.4. The van der Waals surface area contributed by atoms with E-state index in [1.807, 2.05) is 75.9 Å². The van der Waals surface area contributed by atoms with Gasteiger partial charge in [0.2, 0.25) is 0 Å². The number of fused-ring (bicyclic) bond motifs is 6. The van der Waals surface area contributed by atoms with Crippen LogP contribution < -0.4 is 0 Å². The van der Waals surface area contributed by atoms with E-state index >= 15 is 0 Å². The number of nitrogens with zero attached hydrogens (tertiary/aromatic N) is 6. The molecule has 0 amide bonds. The Kier molecular flexibility index (Phi) is 6.69. The largest absolute Gasteiger partial charge is 0.416 e. The van der Waals surface area contributed by atoms with Crippen molar-refractivity contribution < 1.29 is 13.2 Å². The van der Waals surface area contributed by atoms with Crippen molar-refractivity contribution in [2.45, 2.75) is 6.18 Å². The van der Waals surface area contributed by atoms with Crippen molar-refractivity contribution in [2.75, 3.05) is 0 Å².